The summed E-state index contributed by atoms with van der Waals surface area (Å²) in [7, 11) is 0. The smallest absolute Gasteiger partial charge is 0.246 e. The average molecular weight is 1610 g/mol. The van der Waals surface area contributed by atoms with E-state index in [9.17, 15) is 91.4 Å². The number of nitrogens with two attached hydrogens (primary N) is 3. The Kier molecular flexibility index (Phi) is 37.3. The predicted molar refractivity (Wildman–Crippen MR) is 420 cm³/mol. The number of nitrogens with one attached hydrogen (secondary N) is 16. The topological polar surface area (TPSA) is 602 Å². The van der Waals surface area contributed by atoms with Crippen LogP contribution >= 0.6 is 0 Å². The van der Waals surface area contributed by atoms with Crippen LogP contribution in [0.2, 0.25) is 0 Å². The molecule has 38 heteroatoms. The van der Waals surface area contributed by atoms with E-state index in [1.54, 1.807) is 33.9 Å². The lowest BCUT2D eigenvalue weighted by Crippen LogP contribution is -2.66. The van der Waals surface area contributed by atoms with E-state index >= 15 is 0 Å². The number of carbonyl (C=O) groups excluding carboxylic acids is 18. The number of para-hydroxylation sites is 1. The van der Waals surface area contributed by atoms with Gasteiger partial charge in [-0.2, -0.15) is 0 Å². The molecule has 0 aliphatic rings. The molecule has 0 unspecified atom stereocenters. The number of amides is 18. The normalized spacial score (nSPS) is 14.4. The highest BCUT2D eigenvalue weighted by atomic mass is 16.3. The summed E-state index contributed by atoms with van der Waals surface area (Å²) < 4.78 is 0. The van der Waals surface area contributed by atoms with Crippen LogP contribution in [0.3, 0.4) is 0 Å². The van der Waals surface area contributed by atoms with Crippen LogP contribution < -0.4 is 97.0 Å². The van der Waals surface area contributed by atoms with Gasteiger partial charge in [-0.05, 0) is 165 Å². The van der Waals surface area contributed by atoms with Crippen molar-refractivity contribution in [2.75, 3.05) is 6.61 Å². The van der Waals surface area contributed by atoms with E-state index < -0.39 is 226 Å². The maximum atomic E-state index is 14.2. The Morgan fingerprint density at radius 3 is 1.06 bits per heavy atom. The maximum absolute atomic E-state index is 14.2. The minimum absolute atomic E-state index is 0.00864. The van der Waals surface area contributed by atoms with Gasteiger partial charge in [0.15, 0.2) is 0 Å². The third-order valence-electron chi connectivity index (χ3n) is 18.2. The number of fused-ring (bicyclic) bond motifs is 1. The predicted octanol–water partition coefficient (Wildman–Crippen LogP) is -2.57. The van der Waals surface area contributed by atoms with Crippen LogP contribution in [-0.4, -0.2) is 211 Å². The molecule has 1 heterocycles. The fraction of sp³-hybridized carbons (Fsp3) is 0.658. The van der Waals surface area contributed by atoms with Gasteiger partial charge in [-0.3, -0.25) is 86.3 Å². The van der Waals surface area contributed by atoms with Gasteiger partial charge in [0.1, 0.15) is 81.6 Å². The highest BCUT2D eigenvalue weighted by Gasteiger charge is 2.44. The van der Waals surface area contributed by atoms with Crippen LogP contribution in [0, 0.1) is 17.8 Å². The lowest BCUT2D eigenvalue weighted by molar-refractivity contribution is -0.140. The van der Waals surface area contributed by atoms with Gasteiger partial charge in [0.05, 0.1) is 12.6 Å². The van der Waals surface area contributed by atoms with E-state index in [2.05, 4.69) is 84.7 Å². The fourth-order valence-electron chi connectivity index (χ4n) is 11.3. The Morgan fingerprint density at radius 1 is 0.360 bits per heavy atom. The van der Waals surface area contributed by atoms with Gasteiger partial charge in [0.2, 0.25) is 106 Å². The molecular weight excluding hydrogens is 1480 g/mol. The summed E-state index contributed by atoms with van der Waals surface area (Å²) in [5, 5.41) is 49.0. The molecule has 1 aromatic carbocycles. The zero-order valence-electron chi connectivity index (χ0n) is 69.6. The molecule has 38 nitrogen and oxygen atoms in total. The first-order chi connectivity index (χ1) is 52.3. The zero-order chi connectivity index (χ0) is 87.7. The molecule has 0 saturated carbocycles. The molecule has 1 aromatic heterocycles. The van der Waals surface area contributed by atoms with E-state index in [1.165, 1.54) is 104 Å². The van der Waals surface area contributed by atoms with E-state index in [0.717, 1.165) is 16.5 Å². The van der Waals surface area contributed by atoms with Gasteiger partial charge < -0.3 is 107 Å². The number of primary amides is 3. The molecule has 0 fully saturated rings. The van der Waals surface area contributed by atoms with Crippen molar-refractivity contribution in [2.24, 2.45) is 35.0 Å². The molecule has 2 aromatic rings. The van der Waals surface area contributed by atoms with Crippen LogP contribution in [-0.2, 0) is 92.7 Å². The summed E-state index contributed by atoms with van der Waals surface area (Å²) in [4.78, 5) is 246. The Bertz CT molecular complexity index is 3840. The second-order valence-corrected chi connectivity index (χ2v) is 33.3. The fourth-order valence-corrected chi connectivity index (χ4v) is 11.3. The zero-order valence-corrected chi connectivity index (χ0v) is 69.6. The first-order valence-electron chi connectivity index (χ1n) is 37.9. The number of aliphatic hydroxyl groups is 1. The van der Waals surface area contributed by atoms with E-state index in [0.29, 0.717) is 6.42 Å². The summed E-state index contributed by atoms with van der Waals surface area (Å²) in [6.45, 7) is 29.7. The molecular formula is C76H125N19O19. The highest BCUT2D eigenvalue weighted by Crippen LogP contribution is 2.21. The van der Waals surface area contributed by atoms with Crippen molar-refractivity contribution in [3.8, 4) is 0 Å². The molecule has 23 N–H and O–H groups in total. The Morgan fingerprint density at radius 2 is 0.675 bits per heavy atom. The number of rotatable bonds is 47. The maximum Gasteiger partial charge on any atom is 0.246 e. The van der Waals surface area contributed by atoms with Gasteiger partial charge in [-0.1, -0.05) is 59.7 Å². The van der Waals surface area contributed by atoms with Crippen molar-refractivity contribution in [3.63, 3.8) is 0 Å². The number of H-pyrrole nitrogens is 1. The Labute approximate surface area is 665 Å². The molecule has 2 rings (SSSR count). The van der Waals surface area contributed by atoms with Crippen LogP contribution in [0.25, 0.3) is 10.9 Å². The number of hydrogen-bond acceptors (Lipinski definition) is 19. The molecule has 0 radical (unpaired) electrons. The standard InChI is InChI=1S/C76H125N19O19/c1-38(2)32-45(37-96)84-59(103)48(26-29-54(77)98)86-67(111)73(14,15)93-63(107)51(33-39(3)4)85-60(104)49(27-30-55(78)99)87-66(110)72(12,13)90-58(102)42(8)82-65(109)71(10,11)92-62(106)50(28-31-56(79)100)88-68(112)74(16,17)94-64(108)52(34-40(5)6)89-69(113)75(18,19)95-70(114)76(20,21)91-57(101)41(7)81-61(105)53(83-43(9)97)35-44-36-80-47-25-23-22-24-46(44)47/h22-25,36,38-42,45,48-53,80,96H,26-35,37H2,1-21H3,(H2,77,98)(H2,78,99)(H2,79,100)(H,81,105)(H,82,109)(H,83,97)(H,84,103)(H,85,104)(H,86,111)(H,87,110)(H,88,112)(H,89,113)(H,90,102)(H,91,101)(H,92,106)(H,93,107)(H,94,108)(H,95,114)/t41-,42-,45-,48+,49+,50+,51+,52-,53-/m1/s1. The van der Waals surface area contributed by atoms with Crippen molar-refractivity contribution >= 4 is 117 Å². The minimum atomic E-state index is -1.92. The Balaban J connectivity index is 2.23. The van der Waals surface area contributed by atoms with Crippen LogP contribution in [0.4, 0.5) is 0 Å². The van der Waals surface area contributed by atoms with Crippen molar-refractivity contribution in [1.29, 1.82) is 0 Å². The minimum Gasteiger partial charge on any atom is -0.394 e. The summed E-state index contributed by atoms with van der Waals surface area (Å²) in [6, 6.07) is -4.41. The molecule has 0 spiro atoms. The summed E-state index contributed by atoms with van der Waals surface area (Å²) in [6.07, 6.45) is -0.178. The first-order valence-corrected chi connectivity index (χ1v) is 37.9. The molecule has 114 heavy (non-hydrogen) atoms. The molecule has 638 valence electrons. The second-order valence-electron chi connectivity index (χ2n) is 33.3. The average Bonchev–Trinajstić information content (AvgIpc) is 1.06. The van der Waals surface area contributed by atoms with Crippen molar-refractivity contribution in [1.82, 2.24) is 84.7 Å². The number of aromatic nitrogens is 1. The second kappa shape index (κ2) is 42.9. The van der Waals surface area contributed by atoms with Gasteiger partial charge in [-0.15, -0.1) is 0 Å². The lowest BCUT2D eigenvalue weighted by Gasteiger charge is -2.34. The van der Waals surface area contributed by atoms with Gasteiger partial charge >= 0.3 is 0 Å². The largest absolute Gasteiger partial charge is 0.394 e. The third kappa shape index (κ3) is 32.7. The molecule has 0 aliphatic carbocycles. The van der Waals surface area contributed by atoms with E-state index in [1.807, 2.05) is 38.1 Å². The number of aliphatic hydroxyl groups excluding tert-OH is 1. The van der Waals surface area contributed by atoms with Crippen LogP contribution in [0.15, 0.2) is 30.5 Å². The van der Waals surface area contributed by atoms with E-state index in [-0.39, 0.29) is 49.9 Å². The summed E-state index contributed by atoms with van der Waals surface area (Å²) in [5.74, 6) is -16.0. The summed E-state index contributed by atoms with van der Waals surface area (Å²) in [5.41, 5.74) is 6.78. The van der Waals surface area contributed by atoms with Crippen molar-refractivity contribution in [3.05, 3.63) is 36.0 Å². The third-order valence-corrected chi connectivity index (χ3v) is 18.2. The summed E-state index contributed by atoms with van der Waals surface area (Å²) >= 11 is 0. The van der Waals surface area contributed by atoms with Gasteiger partial charge in [0.25, 0.3) is 0 Å². The van der Waals surface area contributed by atoms with Crippen LogP contribution in [0.5, 0.6) is 0 Å². The lowest BCUT2D eigenvalue weighted by atomic mass is 9.96. The number of benzene rings is 1. The highest BCUT2D eigenvalue weighted by molar-refractivity contribution is 6.03. The molecule has 0 bridgehead atoms. The number of hydrogen-bond donors (Lipinski definition) is 20. The van der Waals surface area contributed by atoms with Gasteiger partial charge in [0, 0.05) is 49.7 Å². The molecule has 9 atom stereocenters. The van der Waals surface area contributed by atoms with Crippen molar-refractivity contribution in [2.45, 2.75) is 297 Å². The van der Waals surface area contributed by atoms with Crippen molar-refractivity contribution < 1.29 is 91.4 Å². The Hall–Kier alpha value is -10.8. The van der Waals surface area contributed by atoms with Gasteiger partial charge in [-0.25, -0.2) is 0 Å². The molecule has 0 saturated heterocycles. The number of carbonyl (C=O) groups is 18. The molecule has 0 aliphatic heterocycles. The van der Waals surface area contributed by atoms with Crippen LogP contribution in [0.1, 0.15) is 209 Å². The van der Waals surface area contributed by atoms with E-state index in [4.69, 9.17) is 17.2 Å². The SMILES string of the molecule is CC(=O)N[C@H](Cc1c[nH]c2ccccc12)C(=O)N[C@H](C)C(=O)NC(C)(C)C(=O)NC(C)(C)C(=O)N[C@H](CC(C)C)C(=O)NC(C)(C)C(=O)N[C@@H](CCC(N)=O)C(=O)NC(C)(C)C(=O)N[C@H](C)C(=O)NC(C)(C)C(=O)N[C@@H](CCC(N)=O)C(=O)N[C@@H](CC(C)C)C(=O)NC(C)(C)C(=O)N[C@@H](CCC(N)=O)C(=O)N[C@@H](CO)CC(C)C. The quantitative estimate of drug-likeness (QED) is 0.0324. The molecule has 18 amide bonds. The first kappa shape index (κ1) is 99.3. The monoisotopic (exact) mass is 1610 g/mol. The number of aromatic amines is 1.